The van der Waals surface area contributed by atoms with Crippen molar-refractivity contribution >= 4 is 28.7 Å². The zero-order chi connectivity index (χ0) is 19.8. The molecule has 3 aromatic carbocycles. The zero-order valence-corrected chi connectivity index (χ0v) is 15.6. The second-order valence-corrected chi connectivity index (χ2v) is 7.65. The van der Waals surface area contributed by atoms with Gasteiger partial charge in [-0.15, -0.1) is 0 Å². The van der Waals surface area contributed by atoms with Crippen molar-refractivity contribution in [3.63, 3.8) is 0 Å². The summed E-state index contributed by atoms with van der Waals surface area (Å²) in [6, 6.07) is 13.0. The van der Waals surface area contributed by atoms with Crippen LogP contribution >= 0.6 is 0 Å². The van der Waals surface area contributed by atoms with Crippen LogP contribution < -0.4 is 4.74 Å². The fraction of sp³-hybridized carbons (Fsp3) is 0.174. The lowest BCUT2D eigenvalue weighted by Gasteiger charge is -2.22. The number of hydrogen-bond donors (Lipinski definition) is 0. The zero-order valence-electron chi connectivity index (χ0n) is 15.6. The molecular weight excluding hydrogens is 356 g/mol. The van der Waals surface area contributed by atoms with Crippen LogP contribution in [0.4, 0.5) is 0 Å². The number of fused-ring (bicyclic) bond motifs is 7. The van der Waals surface area contributed by atoms with Gasteiger partial charge < -0.3 is 9.47 Å². The van der Waals surface area contributed by atoms with E-state index in [1.807, 2.05) is 36.4 Å². The van der Waals surface area contributed by atoms with Crippen LogP contribution in [0.1, 0.15) is 52.6 Å². The lowest BCUT2D eigenvalue weighted by molar-refractivity contribution is -0.131. The van der Waals surface area contributed by atoms with E-state index in [9.17, 15) is 14.4 Å². The Morgan fingerprint density at radius 1 is 0.893 bits per heavy atom. The number of cyclic esters (lactones) is 2. The topological polar surface area (TPSA) is 69.7 Å². The van der Waals surface area contributed by atoms with Gasteiger partial charge in [-0.3, -0.25) is 4.79 Å². The van der Waals surface area contributed by atoms with Crippen LogP contribution in [-0.4, -0.2) is 17.9 Å². The van der Waals surface area contributed by atoms with Gasteiger partial charge in [0.25, 0.3) is 0 Å². The highest BCUT2D eigenvalue weighted by Crippen LogP contribution is 2.55. The van der Waals surface area contributed by atoms with Crippen molar-refractivity contribution in [2.45, 2.75) is 26.2 Å². The van der Waals surface area contributed by atoms with Gasteiger partial charge in [-0.1, -0.05) is 44.2 Å². The van der Waals surface area contributed by atoms with E-state index in [4.69, 9.17) is 9.47 Å². The second kappa shape index (κ2) is 5.29. The van der Waals surface area contributed by atoms with Crippen LogP contribution in [-0.2, 0) is 14.9 Å². The summed E-state index contributed by atoms with van der Waals surface area (Å²) in [5, 5.41) is 1.64. The van der Waals surface area contributed by atoms with Crippen LogP contribution in [0, 0.1) is 0 Å². The molecule has 0 spiro atoms. The Kier molecular flexibility index (Phi) is 3.15. The number of rotatable bonds is 1. The molecule has 0 bridgehead atoms. The molecule has 0 atom stereocenters. The number of carbonyl (C=O) groups is 3. The number of ether oxygens (including phenoxy) is 2. The van der Waals surface area contributed by atoms with E-state index in [1.165, 1.54) is 6.92 Å². The second-order valence-electron chi connectivity index (χ2n) is 7.65. The minimum absolute atomic E-state index is 0.292. The van der Waals surface area contributed by atoms with Crippen LogP contribution in [0.15, 0.2) is 42.5 Å². The molecule has 0 amide bonds. The predicted molar refractivity (Wildman–Crippen MR) is 103 cm³/mol. The Bertz CT molecular complexity index is 1250. The van der Waals surface area contributed by atoms with Gasteiger partial charge in [0.05, 0.1) is 11.1 Å². The summed E-state index contributed by atoms with van der Waals surface area (Å²) < 4.78 is 10.4. The maximum Gasteiger partial charge on any atom is 0.347 e. The molecule has 2 aliphatic rings. The van der Waals surface area contributed by atoms with E-state index in [2.05, 4.69) is 13.8 Å². The summed E-state index contributed by atoms with van der Waals surface area (Å²) in [5.41, 5.74) is 3.68. The van der Waals surface area contributed by atoms with Gasteiger partial charge in [0.2, 0.25) is 0 Å². The Labute approximate surface area is 160 Å². The maximum absolute atomic E-state index is 12.5. The molecule has 0 N–H and O–H groups in total. The van der Waals surface area contributed by atoms with Gasteiger partial charge in [-0.05, 0) is 34.2 Å². The molecule has 1 aliphatic carbocycles. The van der Waals surface area contributed by atoms with Crippen LogP contribution in [0.5, 0.6) is 5.75 Å². The molecule has 1 aliphatic heterocycles. The summed E-state index contributed by atoms with van der Waals surface area (Å²) in [4.78, 5) is 36.2. The monoisotopic (exact) mass is 372 g/mol. The van der Waals surface area contributed by atoms with E-state index in [0.29, 0.717) is 16.9 Å². The first-order chi connectivity index (χ1) is 13.3. The molecule has 1 heterocycles. The van der Waals surface area contributed by atoms with Crippen LogP contribution in [0.3, 0.4) is 0 Å². The average molecular weight is 372 g/mol. The largest absolute Gasteiger partial charge is 0.426 e. The average Bonchev–Trinajstić information content (AvgIpc) is 3.06. The number of esters is 3. The Balaban J connectivity index is 1.96. The molecule has 28 heavy (non-hydrogen) atoms. The maximum atomic E-state index is 12.5. The molecule has 0 saturated carbocycles. The summed E-state index contributed by atoms with van der Waals surface area (Å²) in [6.45, 7) is 5.48. The fourth-order valence-electron chi connectivity index (χ4n) is 4.44. The van der Waals surface area contributed by atoms with Gasteiger partial charge in [0.15, 0.2) is 0 Å². The first kappa shape index (κ1) is 16.7. The van der Waals surface area contributed by atoms with Crippen molar-refractivity contribution in [3.05, 3.63) is 64.7 Å². The minimum atomic E-state index is -0.617. The quantitative estimate of drug-likeness (QED) is 0.360. The number of carbonyl (C=O) groups excluding carboxylic acids is 3. The Morgan fingerprint density at radius 2 is 1.61 bits per heavy atom. The third-order valence-electron chi connectivity index (χ3n) is 5.67. The molecule has 0 aromatic heterocycles. The summed E-state index contributed by atoms with van der Waals surface area (Å²) in [7, 11) is 0. The SMILES string of the molecule is CC(=O)Oc1cc2c(c3ccccc13)-c1c(ccc3c1C(=O)OC3=O)C2(C)C. The van der Waals surface area contributed by atoms with E-state index in [1.54, 1.807) is 6.07 Å². The number of hydrogen-bond acceptors (Lipinski definition) is 5. The van der Waals surface area contributed by atoms with E-state index < -0.39 is 23.3 Å². The Morgan fingerprint density at radius 3 is 2.32 bits per heavy atom. The van der Waals surface area contributed by atoms with Gasteiger partial charge in [-0.2, -0.15) is 0 Å². The first-order valence-electron chi connectivity index (χ1n) is 8.99. The fourth-order valence-corrected chi connectivity index (χ4v) is 4.44. The van der Waals surface area contributed by atoms with Gasteiger partial charge >= 0.3 is 17.9 Å². The highest BCUT2D eigenvalue weighted by molar-refractivity contribution is 6.21. The molecule has 3 aromatic rings. The molecule has 5 nitrogen and oxygen atoms in total. The Hall–Kier alpha value is -3.47. The predicted octanol–water partition coefficient (Wildman–Crippen LogP) is 4.38. The van der Waals surface area contributed by atoms with Crippen molar-refractivity contribution in [2.75, 3.05) is 0 Å². The molecule has 5 heteroatoms. The smallest absolute Gasteiger partial charge is 0.347 e. The molecule has 0 unspecified atom stereocenters. The lowest BCUT2D eigenvalue weighted by Crippen LogP contribution is -2.16. The summed E-state index contributed by atoms with van der Waals surface area (Å²) >= 11 is 0. The van der Waals surface area contributed by atoms with E-state index in [0.717, 1.165) is 33.0 Å². The van der Waals surface area contributed by atoms with Crippen molar-refractivity contribution in [1.29, 1.82) is 0 Å². The van der Waals surface area contributed by atoms with Crippen molar-refractivity contribution in [2.24, 2.45) is 0 Å². The molecule has 0 fully saturated rings. The van der Waals surface area contributed by atoms with Crippen LogP contribution in [0.25, 0.3) is 21.9 Å². The van der Waals surface area contributed by atoms with Gasteiger partial charge in [-0.25, -0.2) is 9.59 Å². The summed E-state index contributed by atoms with van der Waals surface area (Å²) in [6.07, 6.45) is 0. The van der Waals surface area contributed by atoms with Crippen molar-refractivity contribution in [1.82, 2.24) is 0 Å². The minimum Gasteiger partial charge on any atom is -0.426 e. The van der Waals surface area contributed by atoms with Gasteiger partial charge in [0.1, 0.15) is 5.75 Å². The molecule has 138 valence electrons. The van der Waals surface area contributed by atoms with Crippen molar-refractivity contribution in [3.8, 4) is 16.9 Å². The molecular formula is C23H16O5. The number of benzene rings is 3. The van der Waals surface area contributed by atoms with Crippen LogP contribution in [0.2, 0.25) is 0 Å². The highest BCUT2D eigenvalue weighted by Gasteiger charge is 2.44. The third kappa shape index (κ3) is 1.99. The third-order valence-corrected chi connectivity index (χ3v) is 5.67. The van der Waals surface area contributed by atoms with Crippen molar-refractivity contribution < 1.29 is 23.9 Å². The molecule has 0 saturated heterocycles. The summed E-state index contributed by atoms with van der Waals surface area (Å²) in [5.74, 6) is -1.14. The lowest BCUT2D eigenvalue weighted by atomic mass is 9.81. The van der Waals surface area contributed by atoms with E-state index in [-0.39, 0.29) is 0 Å². The van der Waals surface area contributed by atoms with E-state index >= 15 is 0 Å². The first-order valence-corrected chi connectivity index (χ1v) is 8.99. The highest BCUT2D eigenvalue weighted by atomic mass is 16.6. The molecule has 0 radical (unpaired) electrons. The molecule has 5 rings (SSSR count). The van der Waals surface area contributed by atoms with Gasteiger partial charge in [0, 0.05) is 23.3 Å². The normalized spacial score (nSPS) is 15.8. The standard InChI is InChI=1S/C23H16O5/c1-11(24)27-17-10-16-18(13-7-5-4-6-12(13)17)20-15(23(16,2)3)9-8-14-19(20)22(26)28-21(14)25/h4-10H,1-3H3.